The highest BCUT2D eigenvalue weighted by Crippen LogP contribution is 1.84. The van der Waals surface area contributed by atoms with Gasteiger partial charge in [-0.15, -0.1) is 0 Å². The number of ether oxygens (including phenoxy) is 3. The molecule has 7 heteroatoms. The van der Waals surface area contributed by atoms with Gasteiger partial charge in [-0.2, -0.15) is 0 Å². The molecule has 0 aliphatic heterocycles. The number of nitrogens with two attached hydrogens (primary N) is 4. The molecule has 0 atom stereocenters. The topological polar surface area (TPSA) is 132 Å². The maximum absolute atomic E-state index is 5.31. The van der Waals surface area contributed by atoms with E-state index in [0.29, 0.717) is 52.7 Å². The average Bonchev–Trinajstić information content (AvgIpc) is 2.46. The van der Waals surface area contributed by atoms with E-state index >= 15 is 0 Å². The molecule has 0 saturated carbocycles. The van der Waals surface area contributed by atoms with E-state index in [1.54, 1.807) is 0 Å². The standard InChI is InChI=1S/C10H24N2O3.C3H10N2/c11-3-1-5-13-7-9-15-10-8-14-6-2-4-12;4-2-1-3-5/h1-12H2;1-5H2. The van der Waals surface area contributed by atoms with E-state index in [0.717, 1.165) is 32.4 Å². The van der Waals surface area contributed by atoms with E-state index in [4.69, 9.17) is 37.1 Å². The Morgan fingerprint density at radius 1 is 0.400 bits per heavy atom. The van der Waals surface area contributed by atoms with Crippen LogP contribution in [0.4, 0.5) is 0 Å². The summed E-state index contributed by atoms with van der Waals surface area (Å²) < 4.78 is 15.8. The van der Waals surface area contributed by atoms with Crippen molar-refractivity contribution in [3.8, 4) is 0 Å². The molecule has 0 aromatic heterocycles. The molecule has 0 aliphatic rings. The third kappa shape index (κ3) is 26.3. The lowest BCUT2D eigenvalue weighted by Crippen LogP contribution is -2.12. The second-order valence-corrected chi connectivity index (χ2v) is 4.05. The van der Waals surface area contributed by atoms with Crippen LogP contribution in [0, 0.1) is 0 Å². The zero-order valence-electron chi connectivity index (χ0n) is 12.7. The van der Waals surface area contributed by atoms with Gasteiger partial charge in [-0.05, 0) is 45.4 Å². The minimum absolute atomic E-state index is 0.616. The maximum Gasteiger partial charge on any atom is 0.0701 e. The molecule has 0 rings (SSSR count). The van der Waals surface area contributed by atoms with Gasteiger partial charge in [0.15, 0.2) is 0 Å². The first-order valence-electron chi connectivity index (χ1n) is 7.37. The lowest BCUT2D eigenvalue weighted by molar-refractivity contribution is 0.0143. The van der Waals surface area contributed by atoms with Crippen LogP contribution in [0.2, 0.25) is 0 Å². The Hall–Kier alpha value is -0.280. The summed E-state index contributed by atoms with van der Waals surface area (Å²) in [6.07, 6.45) is 2.75. The first-order chi connectivity index (χ1) is 9.83. The van der Waals surface area contributed by atoms with Crippen molar-refractivity contribution >= 4 is 0 Å². The summed E-state index contributed by atoms with van der Waals surface area (Å²) in [4.78, 5) is 0. The van der Waals surface area contributed by atoms with Gasteiger partial charge >= 0.3 is 0 Å². The molecule has 0 aliphatic carbocycles. The van der Waals surface area contributed by atoms with Crippen molar-refractivity contribution in [2.75, 3.05) is 65.8 Å². The molecular weight excluding hydrogens is 260 g/mol. The van der Waals surface area contributed by atoms with Crippen molar-refractivity contribution in [1.82, 2.24) is 0 Å². The Kier molecular flexibility index (Phi) is 26.2. The summed E-state index contributed by atoms with van der Waals surface area (Å²) in [6, 6.07) is 0. The largest absolute Gasteiger partial charge is 0.379 e. The monoisotopic (exact) mass is 294 g/mol. The van der Waals surface area contributed by atoms with Crippen LogP contribution in [0.15, 0.2) is 0 Å². The van der Waals surface area contributed by atoms with Crippen molar-refractivity contribution < 1.29 is 14.2 Å². The van der Waals surface area contributed by atoms with E-state index in [1.165, 1.54) is 0 Å². The van der Waals surface area contributed by atoms with Gasteiger partial charge in [-0.1, -0.05) is 0 Å². The molecule has 0 heterocycles. The molecule has 0 amide bonds. The van der Waals surface area contributed by atoms with E-state index in [1.807, 2.05) is 0 Å². The smallest absolute Gasteiger partial charge is 0.0701 e. The van der Waals surface area contributed by atoms with Crippen LogP contribution in [0.3, 0.4) is 0 Å². The highest BCUT2D eigenvalue weighted by atomic mass is 16.5. The fourth-order valence-corrected chi connectivity index (χ4v) is 1.03. The van der Waals surface area contributed by atoms with E-state index in [-0.39, 0.29) is 0 Å². The minimum atomic E-state index is 0.616. The maximum atomic E-state index is 5.31. The first kappa shape index (κ1) is 22.0. The first-order valence-corrected chi connectivity index (χ1v) is 7.37. The van der Waals surface area contributed by atoms with Crippen LogP contribution in [0.5, 0.6) is 0 Å². The highest BCUT2D eigenvalue weighted by Gasteiger charge is 1.91. The molecule has 8 N–H and O–H groups in total. The summed E-state index contributed by atoms with van der Waals surface area (Å²) >= 11 is 0. The summed E-state index contributed by atoms with van der Waals surface area (Å²) in [7, 11) is 0. The molecule has 0 bridgehead atoms. The molecule has 0 unspecified atom stereocenters. The minimum Gasteiger partial charge on any atom is -0.379 e. The van der Waals surface area contributed by atoms with Gasteiger partial charge in [0.05, 0.1) is 26.4 Å². The quantitative estimate of drug-likeness (QED) is 0.303. The molecule has 20 heavy (non-hydrogen) atoms. The van der Waals surface area contributed by atoms with E-state index in [2.05, 4.69) is 0 Å². The van der Waals surface area contributed by atoms with Gasteiger partial charge in [0.2, 0.25) is 0 Å². The molecule has 0 aromatic carbocycles. The predicted octanol–water partition coefficient (Wildman–Crippen LogP) is -0.972. The van der Waals surface area contributed by atoms with Crippen molar-refractivity contribution in [3.63, 3.8) is 0 Å². The Morgan fingerprint density at radius 3 is 0.950 bits per heavy atom. The van der Waals surface area contributed by atoms with Crippen molar-refractivity contribution in [3.05, 3.63) is 0 Å². The lowest BCUT2D eigenvalue weighted by atomic mass is 10.4. The normalized spacial score (nSPS) is 10.2. The molecule has 0 radical (unpaired) electrons. The molecular formula is C13H34N4O3. The Labute approximate surface area is 123 Å². The summed E-state index contributed by atoms with van der Waals surface area (Å²) in [6.45, 7) is 6.71. The number of hydrogen-bond acceptors (Lipinski definition) is 7. The Morgan fingerprint density at radius 2 is 0.700 bits per heavy atom. The third-order valence-electron chi connectivity index (χ3n) is 2.14. The number of hydrogen-bond donors (Lipinski definition) is 4. The van der Waals surface area contributed by atoms with Crippen LogP contribution >= 0.6 is 0 Å². The van der Waals surface area contributed by atoms with Crippen molar-refractivity contribution in [1.29, 1.82) is 0 Å². The van der Waals surface area contributed by atoms with Gasteiger partial charge in [0.1, 0.15) is 0 Å². The number of rotatable bonds is 14. The zero-order chi connectivity index (χ0) is 15.3. The Bertz CT molecular complexity index is 140. The van der Waals surface area contributed by atoms with Crippen LogP contribution in [0.25, 0.3) is 0 Å². The van der Waals surface area contributed by atoms with Crippen LogP contribution < -0.4 is 22.9 Å². The van der Waals surface area contributed by atoms with Gasteiger partial charge < -0.3 is 37.1 Å². The fourth-order valence-electron chi connectivity index (χ4n) is 1.03. The van der Waals surface area contributed by atoms with Gasteiger partial charge in [-0.3, -0.25) is 0 Å². The SMILES string of the molecule is NCCCN.NCCCOCCOCCOCCCN. The van der Waals surface area contributed by atoms with Gasteiger partial charge in [0, 0.05) is 13.2 Å². The second-order valence-electron chi connectivity index (χ2n) is 4.05. The fraction of sp³-hybridized carbons (Fsp3) is 1.00. The van der Waals surface area contributed by atoms with Gasteiger partial charge in [0.25, 0.3) is 0 Å². The molecule has 0 fully saturated rings. The summed E-state index contributed by atoms with van der Waals surface area (Å²) in [5.41, 5.74) is 20.7. The Balaban J connectivity index is 0. The summed E-state index contributed by atoms with van der Waals surface area (Å²) in [5.74, 6) is 0. The molecule has 0 saturated heterocycles. The van der Waals surface area contributed by atoms with E-state index < -0.39 is 0 Å². The average molecular weight is 294 g/mol. The third-order valence-corrected chi connectivity index (χ3v) is 2.14. The van der Waals surface area contributed by atoms with Gasteiger partial charge in [-0.25, -0.2) is 0 Å². The van der Waals surface area contributed by atoms with Crippen molar-refractivity contribution in [2.45, 2.75) is 19.3 Å². The highest BCUT2D eigenvalue weighted by molar-refractivity contribution is 4.38. The van der Waals surface area contributed by atoms with Crippen LogP contribution in [-0.4, -0.2) is 65.8 Å². The van der Waals surface area contributed by atoms with Crippen LogP contribution in [-0.2, 0) is 14.2 Å². The molecule has 124 valence electrons. The second kappa shape index (κ2) is 23.8. The summed E-state index contributed by atoms with van der Waals surface area (Å²) in [5, 5.41) is 0. The molecule has 0 aromatic rings. The van der Waals surface area contributed by atoms with E-state index in [9.17, 15) is 0 Å². The van der Waals surface area contributed by atoms with Crippen molar-refractivity contribution in [2.24, 2.45) is 22.9 Å². The van der Waals surface area contributed by atoms with Crippen LogP contribution in [0.1, 0.15) is 19.3 Å². The molecule has 0 spiro atoms. The zero-order valence-corrected chi connectivity index (χ0v) is 12.7. The lowest BCUT2D eigenvalue weighted by Gasteiger charge is -2.06. The predicted molar refractivity (Wildman–Crippen MR) is 82.5 cm³/mol. The molecule has 7 nitrogen and oxygen atoms in total.